The molecule has 1 N–H and O–H groups in total. The molecule has 0 bridgehead atoms. The Morgan fingerprint density at radius 3 is 2.24 bits per heavy atom. The van der Waals surface area contributed by atoms with Crippen molar-refractivity contribution in [3.8, 4) is 0 Å². The van der Waals surface area contributed by atoms with Gasteiger partial charge in [-0.2, -0.15) is 0 Å². The molecule has 2 rings (SSSR count). The van der Waals surface area contributed by atoms with E-state index in [1.54, 1.807) is 0 Å². The summed E-state index contributed by atoms with van der Waals surface area (Å²) in [4.78, 5) is 16.6. The highest BCUT2D eigenvalue weighted by Crippen LogP contribution is 2.38. The Hall–Kier alpha value is -0.610. The second kappa shape index (κ2) is 6.66. The van der Waals surface area contributed by atoms with Gasteiger partial charge in [-0.25, -0.2) is 0 Å². The van der Waals surface area contributed by atoms with Crippen molar-refractivity contribution in [3.05, 3.63) is 0 Å². The lowest BCUT2D eigenvalue weighted by Crippen LogP contribution is -2.51. The van der Waals surface area contributed by atoms with E-state index in [0.29, 0.717) is 18.4 Å². The molecule has 122 valence electrons. The first-order valence-corrected chi connectivity index (χ1v) is 8.45. The van der Waals surface area contributed by atoms with Crippen LogP contribution in [0, 0.1) is 17.3 Å². The highest BCUT2D eigenvalue weighted by atomic mass is 16.3. The van der Waals surface area contributed by atoms with Gasteiger partial charge in [0.05, 0.1) is 6.10 Å². The van der Waals surface area contributed by atoms with E-state index in [2.05, 4.69) is 32.6 Å². The zero-order valence-corrected chi connectivity index (χ0v) is 14.1. The summed E-state index contributed by atoms with van der Waals surface area (Å²) >= 11 is 0. The summed E-state index contributed by atoms with van der Waals surface area (Å²) in [5, 5.41) is 10.2. The first kappa shape index (κ1) is 16.8. The largest absolute Gasteiger partial charge is 0.391 e. The molecule has 21 heavy (non-hydrogen) atoms. The number of β-amino-alcohol motifs (C(OH)–C–C–N with tert-alkyl or cyclic N) is 1. The predicted molar refractivity (Wildman–Crippen MR) is 85.0 cm³/mol. The van der Waals surface area contributed by atoms with Gasteiger partial charge >= 0.3 is 0 Å². The standard InChI is InChI=1S/C17H32N2O2/c1-13(14-5-6-14)11-16(21)19-9-7-18(8-10-19)12-15(20)17(2,3)4/h13-15,20H,5-12H2,1-4H3/t13-,15-/m0/s1. The van der Waals surface area contributed by atoms with Gasteiger partial charge in [0, 0.05) is 39.1 Å². The van der Waals surface area contributed by atoms with Crippen LogP contribution in [-0.4, -0.2) is 59.6 Å². The number of aliphatic hydroxyl groups excluding tert-OH is 1. The molecule has 2 atom stereocenters. The summed E-state index contributed by atoms with van der Waals surface area (Å²) in [5.74, 6) is 1.68. The van der Waals surface area contributed by atoms with E-state index in [4.69, 9.17) is 0 Å². The van der Waals surface area contributed by atoms with Crippen LogP contribution in [0.15, 0.2) is 0 Å². The topological polar surface area (TPSA) is 43.8 Å². The first-order valence-electron chi connectivity index (χ1n) is 8.45. The number of rotatable bonds is 5. The molecular weight excluding hydrogens is 264 g/mol. The summed E-state index contributed by atoms with van der Waals surface area (Å²) in [5.41, 5.74) is -0.0767. The number of hydrogen-bond donors (Lipinski definition) is 1. The quantitative estimate of drug-likeness (QED) is 0.843. The number of carbonyl (C=O) groups excluding carboxylic acids is 1. The van der Waals surface area contributed by atoms with Crippen LogP contribution in [0.5, 0.6) is 0 Å². The second-order valence-electron chi connectivity index (χ2n) is 8.08. The highest BCUT2D eigenvalue weighted by Gasteiger charge is 2.32. The van der Waals surface area contributed by atoms with E-state index in [0.717, 1.165) is 38.5 Å². The smallest absolute Gasteiger partial charge is 0.222 e. The molecule has 1 saturated carbocycles. The Bertz CT molecular complexity index is 352. The number of carbonyl (C=O) groups is 1. The van der Waals surface area contributed by atoms with Gasteiger partial charge in [-0.15, -0.1) is 0 Å². The van der Waals surface area contributed by atoms with Crippen molar-refractivity contribution in [2.45, 2.75) is 53.1 Å². The molecule has 0 aromatic rings. The Labute approximate surface area is 129 Å². The molecular formula is C17H32N2O2. The van der Waals surface area contributed by atoms with Gasteiger partial charge in [-0.3, -0.25) is 9.69 Å². The van der Waals surface area contributed by atoms with Gasteiger partial charge in [-0.1, -0.05) is 27.7 Å². The minimum Gasteiger partial charge on any atom is -0.391 e. The van der Waals surface area contributed by atoms with Gasteiger partial charge in [0.2, 0.25) is 5.91 Å². The molecule has 0 radical (unpaired) electrons. The lowest BCUT2D eigenvalue weighted by molar-refractivity contribution is -0.134. The van der Waals surface area contributed by atoms with Crippen molar-refractivity contribution in [1.82, 2.24) is 9.80 Å². The Kier molecular flexibility index (Phi) is 5.31. The van der Waals surface area contributed by atoms with Crippen LogP contribution < -0.4 is 0 Å². The van der Waals surface area contributed by atoms with Crippen LogP contribution in [0.3, 0.4) is 0 Å². The molecule has 0 aromatic heterocycles. The van der Waals surface area contributed by atoms with Gasteiger partial charge in [0.15, 0.2) is 0 Å². The first-order chi connectivity index (χ1) is 9.77. The number of hydrogen-bond acceptors (Lipinski definition) is 3. The third-order valence-electron chi connectivity index (χ3n) is 5.08. The van der Waals surface area contributed by atoms with Crippen LogP contribution in [0.1, 0.15) is 47.0 Å². The van der Waals surface area contributed by atoms with Crippen LogP contribution in [0.25, 0.3) is 0 Å². The number of amides is 1. The van der Waals surface area contributed by atoms with Crippen molar-refractivity contribution in [2.75, 3.05) is 32.7 Å². The minimum absolute atomic E-state index is 0.0767. The fourth-order valence-electron chi connectivity index (χ4n) is 2.93. The molecule has 2 fully saturated rings. The molecule has 1 amide bonds. The van der Waals surface area contributed by atoms with E-state index in [9.17, 15) is 9.90 Å². The Balaban J connectivity index is 1.71. The summed E-state index contributed by atoms with van der Waals surface area (Å²) in [7, 11) is 0. The summed E-state index contributed by atoms with van der Waals surface area (Å²) in [6.45, 7) is 12.5. The molecule has 0 spiro atoms. The molecule has 1 aliphatic carbocycles. The molecule has 1 heterocycles. The van der Waals surface area contributed by atoms with Crippen molar-refractivity contribution in [2.24, 2.45) is 17.3 Å². The highest BCUT2D eigenvalue weighted by molar-refractivity contribution is 5.76. The van der Waals surface area contributed by atoms with Crippen LogP contribution in [0.4, 0.5) is 0 Å². The molecule has 2 aliphatic rings. The summed E-state index contributed by atoms with van der Waals surface area (Å²) in [6, 6.07) is 0. The van der Waals surface area contributed by atoms with Crippen molar-refractivity contribution in [1.29, 1.82) is 0 Å². The van der Waals surface area contributed by atoms with E-state index in [-0.39, 0.29) is 11.5 Å². The van der Waals surface area contributed by atoms with Gasteiger partial charge in [0.1, 0.15) is 0 Å². The molecule has 1 saturated heterocycles. The van der Waals surface area contributed by atoms with E-state index < -0.39 is 0 Å². The normalized spacial score (nSPS) is 24.0. The number of aliphatic hydroxyl groups is 1. The van der Waals surface area contributed by atoms with E-state index >= 15 is 0 Å². The van der Waals surface area contributed by atoms with Crippen molar-refractivity contribution >= 4 is 5.91 Å². The second-order valence-corrected chi connectivity index (χ2v) is 8.08. The maximum atomic E-state index is 12.3. The molecule has 0 unspecified atom stereocenters. The lowest BCUT2D eigenvalue weighted by atomic mass is 9.89. The van der Waals surface area contributed by atoms with Crippen LogP contribution in [0.2, 0.25) is 0 Å². The maximum absolute atomic E-state index is 12.3. The van der Waals surface area contributed by atoms with Crippen molar-refractivity contribution in [3.63, 3.8) is 0 Å². The van der Waals surface area contributed by atoms with E-state index in [1.807, 2.05) is 4.90 Å². The molecule has 4 nitrogen and oxygen atoms in total. The maximum Gasteiger partial charge on any atom is 0.222 e. The number of nitrogens with zero attached hydrogens (tertiary/aromatic N) is 2. The van der Waals surface area contributed by atoms with Gasteiger partial charge in [0.25, 0.3) is 0 Å². The predicted octanol–water partition coefficient (Wildman–Crippen LogP) is 1.97. The number of piperazine rings is 1. The molecule has 1 aliphatic heterocycles. The van der Waals surface area contributed by atoms with Crippen LogP contribution in [-0.2, 0) is 4.79 Å². The van der Waals surface area contributed by atoms with Crippen molar-refractivity contribution < 1.29 is 9.90 Å². The van der Waals surface area contributed by atoms with Gasteiger partial charge in [-0.05, 0) is 30.1 Å². The fourth-order valence-corrected chi connectivity index (χ4v) is 2.93. The van der Waals surface area contributed by atoms with Crippen LogP contribution >= 0.6 is 0 Å². The monoisotopic (exact) mass is 296 g/mol. The average Bonchev–Trinajstić information content (AvgIpc) is 3.22. The summed E-state index contributed by atoms with van der Waals surface area (Å²) in [6.07, 6.45) is 3.03. The molecule has 0 aromatic carbocycles. The SMILES string of the molecule is C[C@@H](CC(=O)N1CCN(C[C@H](O)C(C)(C)C)CC1)C1CC1. The Morgan fingerprint density at radius 2 is 1.76 bits per heavy atom. The lowest BCUT2D eigenvalue weighted by Gasteiger charge is -2.38. The third kappa shape index (κ3) is 4.96. The zero-order chi connectivity index (χ0) is 15.6. The average molecular weight is 296 g/mol. The minimum atomic E-state index is -0.311. The zero-order valence-electron chi connectivity index (χ0n) is 14.1. The summed E-state index contributed by atoms with van der Waals surface area (Å²) < 4.78 is 0. The third-order valence-corrected chi connectivity index (χ3v) is 5.08. The fraction of sp³-hybridized carbons (Fsp3) is 0.941. The van der Waals surface area contributed by atoms with E-state index in [1.165, 1.54) is 12.8 Å². The Morgan fingerprint density at radius 1 is 1.19 bits per heavy atom. The molecule has 4 heteroatoms. The van der Waals surface area contributed by atoms with Gasteiger partial charge < -0.3 is 10.0 Å².